The van der Waals surface area contributed by atoms with Crippen LogP contribution in [0.4, 0.5) is 5.69 Å². The molecule has 1 saturated carbocycles. The van der Waals surface area contributed by atoms with Crippen LogP contribution in [0.3, 0.4) is 0 Å². The summed E-state index contributed by atoms with van der Waals surface area (Å²) in [5, 5.41) is 37.9. The number of nitriles is 1. The van der Waals surface area contributed by atoms with Crippen LogP contribution in [0, 0.1) is 37.0 Å². The van der Waals surface area contributed by atoms with Crippen molar-refractivity contribution < 1.29 is 5.11 Å². The molecule has 0 aromatic heterocycles. The number of aliphatic imine (C=N–C) groups is 1. The first kappa shape index (κ1) is 38.3. The number of nitrogens with zero attached hydrogens (tertiary/aromatic N) is 6. The fraction of sp³-hybridized carbons (Fsp3) is 0.429. The topological polar surface area (TPSA) is 124 Å². The molecular formula is C42H50ClN9OS. The fourth-order valence-corrected chi connectivity index (χ4v) is 8.57. The first-order valence-electron chi connectivity index (χ1n) is 18.9. The lowest BCUT2D eigenvalue weighted by Crippen LogP contribution is -2.59. The van der Waals surface area contributed by atoms with Crippen molar-refractivity contribution in [2.75, 3.05) is 6.26 Å². The largest absolute Gasteiger partial charge is 0.374 e. The van der Waals surface area contributed by atoms with E-state index in [1.807, 2.05) is 53.7 Å². The van der Waals surface area contributed by atoms with E-state index in [-0.39, 0.29) is 29.2 Å². The highest BCUT2D eigenvalue weighted by Gasteiger charge is 2.51. The van der Waals surface area contributed by atoms with Crippen LogP contribution < -0.4 is 16.2 Å². The van der Waals surface area contributed by atoms with Gasteiger partial charge in [0.15, 0.2) is 12.2 Å². The Hall–Kier alpha value is -4.02. The van der Waals surface area contributed by atoms with Gasteiger partial charge >= 0.3 is 0 Å². The lowest BCUT2D eigenvalue weighted by atomic mass is 9.86. The molecule has 4 N–H and O–H groups in total. The number of hydrazine groups is 2. The van der Waals surface area contributed by atoms with Gasteiger partial charge in [-0.2, -0.15) is 15.5 Å². The maximum Gasteiger partial charge on any atom is 0.163 e. The van der Waals surface area contributed by atoms with Crippen LogP contribution in [0.25, 0.3) is 5.70 Å². The average molecular weight is 764 g/mol. The van der Waals surface area contributed by atoms with E-state index in [2.05, 4.69) is 108 Å². The molecule has 4 heterocycles. The number of hydrogen-bond acceptors (Lipinski definition) is 11. The SMILES string of the molecule is CCCCC1=CC(C)(c2ccc(Cl)cc2)N2NC(SC)C(C#N)C2N1.Cc1ccc(C2=CC(C3CC3)=NC3C(N=Nc4ccccc4)C(O)NN23)c(C)c1. The van der Waals surface area contributed by atoms with E-state index in [1.165, 1.54) is 35.2 Å². The minimum atomic E-state index is -0.844. The fourth-order valence-electron chi connectivity index (χ4n) is 7.72. The molecular weight excluding hydrogens is 714 g/mol. The molecule has 8 rings (SSSR count). The molecule has 7 unspecified atom stereocenters. The minimum absolute atomic E-state index is 0.0417. The molecule has 0 radical (unpaired) electrons. The van der Waals surface area contributed by atoms with E-state index >= 15 is 0 Å². The number of fused-ring (bicyclic) bond motifs is 2. The summed E-state index contributed by atoms with van der Waals surface area (Å²) in [5.41, 5.74) is 15.3. The highest BCUT2D eigenvalue weighted by molar-refractivity contribution is 7.99. The smallest absolute Gasteiger partial charge is 0.163 e. The molecule has 0 bridgehead atoms. The van der Waals surface area contributed by atoms with E-state index in [9.17, 15) is 10.4 Å². The zero-order valence-electron chi connectivity index (χ0n) is 31.6. The van der Waals surface area contributed by atoms with Gasteiger partial charge in [0.25, 0.3) is 0 Å². The number of azo groups is 1. The van der Waals surface area contributed by atoms with Crippen molar-refractivity contribution in [1.82, 2.24) is 26.2 Å². The third kappa shape index (κ3) is 7.87. The number of halogens is 1. The molecule has 1 aliphatic carbocycles. The van der Waals surface area contributed by atoms with Gasteiger partial charge in [0.1, 0.15) is 18.3 Å². The number of benzene rings is 3. The zero-order valence-corrected chi connectivity index (χ0v) is 33.1. The molecule has 10 nitrogen and oxygen atoms in total. The molecule has 7 atom stereocenters. The van der Waals surface area contributed by atoms with E-state index in [0.29, 0.717) is 5.92 Å². The van der Waals surface area contributed by atoms with Crippen molar-refractivity contribution >= 4 is 40.5 Å². The Kier molecular flexibility index (Phi) is 11.6. The van der Waals surface area contributed by atoms with Crippen molar-refractivity contribution in [1.29, 1.82) is 5.26 Å². The predicted octanol–water partition coefficient (Wildman–Crippen LogP) is 8.33. The summed E-state index contributed by atoms with van der Waals surface area (Å²) in [7, 11) is 0. The molecule has 12 heteroatoms. The Morgan fingerprint density at radius 3 is 2.50 bits per heavy atom. The second-order valence-electron chi connectivity index (χ2n) is 14.9. The second kappa shape index (κ2) is 16.4. The van der Waals surface area contributed by atoms with Gasteiger partial charge in [0, 0.05) is 27.9 Å². The van der Waals surface area contributed by atoms with Crippen molar-refractivity contribution in [2.24, 2.45) is 27.1 Å². The van der Waals surface area contributed by atoms with Crippen LogP contribution in [-0.2, 0) is 5.54 Å². The Morgan fingerprint density at radius 1 is 1.07 bits per heavy atom. The molecule has 3 aromatic carbocycles. The van der Waals surface area contributed by atoms with Crippen LogP contribution in [0.15, 0.2) is 106 Å². The summed E-state index contributed by atoms with van der Waals surface area (Å²) in [4.78, 5) is 4.96. The number of aliphatic hydroxyl groups is 1. The third-order valence-electron chi connectivity index (χ3n) is 10.8. The third-order valence-corrected chi connectivity index (χ3v) is 12.0. The van der Waals surface area contributed by atoms with Gasteiger partial charge in [-0.15, -0.1) is 11.8 Å². The van der Waals surface area contributed by atoms with Crippen molar-refractivity contribution in [3.05, 3.63) is 118 Å². The number of hydrogen-bond donors (Lipinski definition) is 4. The lowest BCUT2D eigenvalue weighted by Gasteiger charge is -2.45. The number of aliphatic hydroxyl groups excluding tert-OH is 1. The van der Waals surface area contributed by atoms with Crippen LogP contribution in [0.2, 0.25) is 5.02 Å². The van der Waals surface area contributed by atoms with Gasteiger partial charge in [-0.1, -0.05) is 79.0 Å². The summed E-state index contributed by atoms with van der Waals surface area (Å²) in [5.74, 6) is 0.398. The highest BCUT2D eigenvalue weighted by atomic mass is 35.5. The van der Waals surface area contributed by atoms with Crippen LogP contribution >= 0.6 is 23.4 Å². The molecule has 3 fully saturated rings. The number of nitrogens with one attached hydrogen (secondary N) is 3. The minimum Gasteiger partial charge on any atom is -0.374 e. The summed E-state index contributed by atoms with van der Waals surface area (Å²) >= 11 is 7.78. The van der Waals surface area contributed by atoms with Crippen LogP contribution in [0.1, 0.15) is 68.2 Å². The maximum absolute atomic E-state index is 10.7. The molecule has 3 aromatic rings. The van der Waals surface area contributed by atoms with Gasteiger partial charge in [0.2, 0.25) is 0 Å². The summed E-state index contributed by atoms with van der Waals surface area (Å²) in [6.45, 7) is 8.64. The van der Waals surface area contributed by atoms with Crippen molar-refractivity contribution in [3.63, 3.8) is 0 Å². The standard InChI is InChI=1S/C23H25N5O.C19H25ClN4S/c1-14-8-11-18(15(2)12-14)20-13-19(16-9-10-16)24-22-21(23(29)27-28(20)22)26-25-17-6-4-3-5-7-17;1-4-5-6-15-11-19(2,13-7-9-14(20)10-8-13)24-17(22-15)16(12-21)18(23-24)25-3/h3-8,11-13,16,21-23,27,29H,9-10H2,1-2H3;7-11,16-18,22-23H,4-6H2,1-3H3. The van der Waals surface area contributed by atoms with Crippen LogP contribution in [-0.4, -0.2) is 57.1 Å². The lowest BCUT2D eigenvalue weighted by molar-refractivity contribution is 0.0425. The van der Waals surface area contributed by atoms with Gasteiger partial charge < -0.3 is 10.4 Å². The first-order chi connectivity index (χ1) is 26.1. The molecule has 4 aliphatic heterocycles. The van der Waals surface area contributed by atoms with E-state index < -0.39 is 12.3 Å². The molecule has 2 saturated heterocycles. The van der Waals surface area contributed by atoms with E-state index in [0.717, 1.165) is 46.9 Å². The number of thioether (sulfide) groups is 1. The Morgan fingerprint density at radius 2 is 1.83 bits per heavy atom. The van der Waals surface area contributed by atoms with Crippen LogP contribution in [0.5, 0.6) is 0 Å². The molecule has 5 aliphatic rings. The summed E-state index contributed by atoms with van der Waals surface area (Å²) < 4.78 is 0. The number of rotatable bonds is 9. The first-order valence-corrected chi connectivity index (χ1v) is 20.6. The van der Waals surface area contributed by atoms with Gasteiger partial charge in [-0.25, -0.2) is 15.9 Å². The number of allylic oxidation sites excluding steroid dienone is 2. The van der Waals surface area contributed by atoms with E-state index in [1.54, 1.807) is 11.8 Å². The van der Waals surface area contributed by atoms with Gasteiger partial charge in [-0.3, -0.25) is 10.0 Å². The predicted molar refractivity (Wildman–Crippen MR) is 218 cm³/mol. The zero-order chi connectivity index (χ0) is 38.0. The second-order valence-corrected chi connectivity index (χ2v) is 16.3. The van der Waals surface area contributed by atoms with Gasteiger partial charge in [0.05, 0.1) is 28.4 Å². The number of unbranched alkanes of at least 4 members (excludes halogenated alkanes) is 1. The average Bonchev–Trinajstić information content (AvgIpc) is 3.88. The number of aryl methyl sites for hydroxylation is 2. The Labute approximate surface area is 328 Å². The maximum atomic E-state index is 10.7. The monoisotopic (exact) mass is 763 g/mol. The quantitative estimate of drug-likeness (QED) is 0.161. The van der Waals surface area contributed by atoms with Gasteiger partial charge in [-0.05, 0) is 100 Å². The highest BCUT2D eigenvalue weighted by Crippen LogP contribution is 2.42. The normalized spacial score (nSPS) is 28.9. The molecule has 0 spiro atoms. The van der Waals surface area contributed by atoms with E-state index in [4.69, 9.17) is 16.6 Å². The molecule has 0 amide bonds. The Balaban J connectivity index is 0.000000169. The van der Waals surface area contributed by atoms with Crippen molar-refractivity contribution in [3.8, 4) is 6.07 Å². The summed E-state index contributed by atoms with van der Waals surface area (Å²) in [6.07, 6.45) is 11.0. The molecule has 282 valence electrons. The molecule has 54 heavy (non-hydrogen) atoms. The Bertz CT molecular complexity index is 1980. The van der Waals surface area contributed by atoms with Crippen molar-refractivity contribution in [2.45, 2.75) is 95.3 Å². The summed E-state index contributed by atoms with van der Waals surface area (Å²) in [6, 6.07) is 26.1.